The number of pyridine rings is 1. The van der Waals surface area contributed by atoms with E-state index in [9.17, 15) is 5.11 Å². The molecule has 1 unspecified atom stereocenters. The number of aromatic amines is 1. The Morgan fingerprint density at radius 2 is 1.93 bits per heavy atom. The lowest BCUT2D eigenvalue weighted by Crippen LogP contribution is -2.05. The Kier molecular flexibility index (Phi) is 4.17. The van der Waals surface area contributed by atoms with Crippen LogP contribution in [0.15, 0.2) is 42.9 Å². The Balaban J connectivity index is 1.96. The number of nitrogens with two attached hydrogens (primary N) is 1. The first kappa shape index (κ1) is 16.9. The van der Waals surface area contributed by atoms with Crippen LogP contribution < -0.4 is 5.73 Å². The summed E-state index contributed by atoms with van der Waals surface area (Å²) in [6, 6.07) is 6.88. The van der Waals surface area contributed by atoms with Gasteiger partial charge in [-0.25, -0.2) is 0 Å². The number of ether oxygens (including phenoxy) is 1. The van der Waals surface area contributed by atoms with E-state index in [0.29, 0.717) is 17.0 Å². The fourth-order valence-electron chi connectivity index (χ4n) is 3.30. The number of fused-ring (bicyclic) bond motifs is 1. The second-order valence-corrected chi connectivity index (χ2v) is 6.23. The third kappa shape index (κ3) is 2.85. The molecule has 4 aromatic rings. The lowest BCUT2D eigenvalue weighted by atomic mass is 9.97. The Morgan fingerprint density at radius 3 is 2.63 bits per heavy atom. The first-order chi connectivity index (χ1) is 13.1. The van der Waals surface area contributed by atoms with Gasteiger partial charge in [-0.1, -0.05) is 12.1 Å². The summed E-state index contributed by atoms with van der Waals surface area (Å²) in [4.78, 5) is 7.26. The molecule has 0 aliphatic carbocycles. The number of H-pyrrole nitrogens is 1. The number of nitrogen functional groups attached to an aromatic ring is 1. The molecule has 8 heteroatoms. The molecule has 3 aromatic heterocycles. The second kappa shape index (κ2) is 6.65. The van der Waals surface area contributed by atoms with Crippen LogP contribution in [-0.2, 0) is 4.74 Å². The zero-order valence-corrected chi connectivity index (χ0v) is 14.8. The summed E-state index contributed by atoms with van der Waals surface area (Å²) in [5.41, 5.74) is 11.3. The van der Waals surface area contributed by atoms with Crippen LogP contribution in [0.5, 0.6) is 5.75 Å². The average molecular weight is 362 g/mol. The molecule has 136 valence electrons. The number of nitrogens with zero attached hydrogens (tertiary/aromatic N) is 4. The summed E-state index contributed by atoms with van der Waals surface area (Å²) in [5.74, 6) is 0.195. The van der Waals surface area contributed by atoms with Gasteiger partial charge in [0.25, 0.3) is 0 Å². The summed E-state index contributed by atoms with van der Waals surface area (Å²) < 4.78 is 5.76. The molecule has 0 aliphatic heterocycles. The highest BCUT2D eigenvalue weighted by Crippen LogP contribution is 2.38. The first-order valence-corrected chi connectivity index (χ1v) is 8.32. The van der Waals surface area contributed by atoms with Gasteiger partial charge in [0.05, 0.1) is 17.3 Å². The van der Waals surface area contributed by atoms with Crippen LogP contribution in [-0.4, -0.2) is 37.6 Å². The first-order valence-electron chi connectivity index (χ1n) is 8.32. The van der Waals surface area contributed by atoms with E-state index in [1.54, 1.807) is 31.6 Å². The minimum atomic E-state index is -0.382. The molecule has 0 amide bonds. The van der Waals surface area contributed by atoms with Crippen LogP contribution in [0.3, 0.4) is 0 Å². The molecule has 1 aromatic carbocycles. The number of aromatic hydroxyl groups is 1. The third-order valence-corrected chi connectivity index (χ3v) is 4.53. The minimum Gasteiger partial charge on any atom is -0.508 e. The zero-order valence-electron chi connectivity index (χ0n) is 14.8. The molecule has 0 bridgehead atoms. The van der Waals surface area contributed by atoms with Gasteiger partial charge in [0, 0.05) is 30.6 Å². The van der Waals surface area contributed by atoms with Crippen LogP contribution in [0, 0.1) is 6.92 Å². The molecule has 0 radical (unpaired) electrons. The highest BCUT2D eigenvalue weighted by atomic mass is 16.5. The molecule has 0 saturated carbocycles. The fourth-order valence-corrected chi connectivity index (χ4v) is 3.30. The maximum atomic E-state index is 9.57. The lowest BCUT2D eigenvalue weighted by Gasteiger charge is -2.16. The SMILES string of the molecule is COC(c1ccc(O)cc1)c1c[nH]c2nnnc(-c3c(C)cncc3N)c12. The fraction of sp³-hybridized carbons (Fsp3) is 0.158. The Labute approximate surface area is 155 Å². The standard InChI is InChI=1S/C19H18N6O2/c1-10-7-21-9-14(20)15(10)17-16-13(8-22-19(16)24-25-23-17)18(27-2)11-3-5-12(26)6-4-11/h3-9,18,26H,20H2,1-2H3,(H,22,23,24). The van der Waals surface area contributed by atoms with Crippen molar-refractivity contribution in [3.63, 3.8) is 0 Å². The molecule has 1 atom stereocenters. The van der Waals surface area contributed by atoms with E-state index < -0.39 is 0 Å². The van der Waals surface area contributed by atoms with Gasteiger partial charge in [0.2, 0.25) is 0 Å². The number of aryl methyl sites for hydroxylation is 1. The predicted octanol–water partition coefficient (Wildman–Crippen LogP) is 2.75. The van der Waals surface area contributed by atoms with Crippen LogP contribution in [0.25, 0.3) is 22.3 Å². The van der Waals surface area contributed by atoms with Crippen molar-refractivity contribution in [2.75, 3.05) is 12.8 Å². The highest BCUT2D eigenvalue weighted by Gasteiger charge is 2.23. The summed E-state index contributed by atoms with van der Waals surface area (Å²) in [6.07, 6.45) is 4.78. The molecule has 8 nitrogen and oxygen atoms in total. The van der Waals surface area contributed by atoms with E-state index in [0.717, 1.165) is 27.6 Å². The van der Waals surface area contributed by atoms with Gasteiger partial charge in [-0.3, -0.25) is 4.98 Å². The van der Waals surface area contributed by atoms with Crippen molar-refractivity contribution in [2.24, 2.45) is 0 Å². The van der Waals surface area contributed by atoms with Gasteiger partial charge in [0.1, 0.15) is 17.5 Å². The molecular weight excluding hydrogens is 344 g/mol. The molecule has 0 saturated heterocycles. The van der Waals surface area contributed by atoms with Crippen molar-refractivity contribution >= 4 is 16.7 Å². The maximum absolute atomic E-state index is 9.57. The van der Waals surface area contributed by atoms with Crippen LogP contribution in [0.2, 0.25) is 0 Å². The van der Waals surface area contributed by atoms with Crippen molar-refractivity contribution in [1.82, 2.24) is 25.4 Å². The number of hydrogen-bond acceptors (Lipinski definition) is 7. The molecule has 0 fully saturated rings. The van der Waals surface area contributed by atoms with E-state index in [-0.39, 0.29) is 11.9 Å². The normalized spacial score (nSPS) is 12.4. The largest absolute Gasteiger partial charge is 0.508 e. The van der Waals surface area contributed by atoms with E-state index >= 15 is 0 Å². The van der Waals surface area contributed by atoms with Gasteiger partial charge in [-0.2, -0.15) is 0 Å². The van der Waals surface area contributed by atoms with Gasteiger partial charge >= 0.3 is 0 Å². The number of rotatable bonds is 4. The summed E-state index contributed by atoms with van der Waals surface area (Å²) in [6.45, 7) is 1.92. The van der Waals surface area contributed by atoms with Gasteiger partial charge in [-0.15, -0.1) is 10.2 Å². The van der Waals surface area contributed by atoms with Crippen LogP contribution in [0.1, 0.15) is 22.8 Å². The summed E-state index contributed by atoms with van der Waals surface area (Å²) in [5, 5.41) is 22.6. The predicted molar refractivity (Wildman–Crippen MR) is 101 cm³/mol. The number of aromatic nitrogens is 5. The number of phenolic OH excluding ortho intramolecular Hbond substituents is 1. The van der Waals surface area contributed by atoms with Crippen molar-refractivity contribution in [3.8, 4) is 17.0 Å². The van der Waals surface area contributed by atoms with E-state index in [4.69, 9.17) is 10.5 Å². The van der Waals surface area contributed by atoms with Crippen molar-refractivity contribution in [3.05, 3.63) is 59.5 Å². The quantitative estimate of drug-likeness (QED) is 0.510. The van der Waals surface area contributed by atoms with Crippen LogP contribution in [0.4, 0.5) is 5.69 Å². The molecule has 0 spiro atoms. The Bertz CT molecular complexity index is 1090. The molecular formula is C19H18N6O2. The number of phenols is 1. The van der Waals surface area contributed by atoms with Gasteiger partial charge in [0.15, 0.2) is 5.65 Å². The van der Waals surface area contributed by atoms with E-state index in [1.807, 2.05) is 25.3 Å². The summed E-state index contributed by atoms with van der Waals surface area (Å²) >= 11 is 0. The number of methoxy groups -OCH3 is 1. The van der Waals surface area contributed by atoms with E-state index in [2.05, 4.69) is 25.4 Å². The van der Waals surface area contributed by atoms with Gasteiger partial charge in [-0.05, 0) is 35.4 Å². The number of nitrogens with one attached hydrogen (secondary N) is 1. The smallest absolute Gasteiger partial charge is 0.164 e. The van der Waals surface area contributed by atoms with Crippen molar-refractivity contribution < 1.29 is 9.84 Å². The monoisotopic (exact) mass is 362 g/mol. The average Bonchev–Trinajstić information content (AvgIpc) is 3.09. The Morgan fingerprint density at radius 1 is 1.15 bits per heavy atom. The molecule has 3 heterocycles. The maximum Gasteiger partial charge on any atom is 0.164 e. The van der Waals surface area contributed by atoms with Gasteiger partial charge < -0.3 is 20.6 Å². The molecule has 4 N–H and O–H groups in total. The minimum absolute atomic E-state index is 0.195. The number of hydrogen-bond donors (Lipinski definition) is 3. The third-order valence-electron chi connectivity index (χ3n) is 4.53. The second-order valence-electron chi connectivity index (χ2n) is 6.23. The topological polar surface area (TPSA) is 123 Å². The molecule has 27 heavy (non-hydrogen) atoms. The Hall–Kier alpha value is -3.52. The molecule has 4 rings (SSSR count). The highest BCUT2D eigenvalue weighted by molar-refractivity contribution is 5.97. The molecule has 0 aliphatic rings. The lowest BCUT2D eigenvalue weighted by molar-refractivity contribution is 0.137. The summed E-state index contributed by atoms with van der Waals surface area (Å²) in [7, 11) is 1.63. The van der Waals surface area contributed by atoms with Crippen molar-refractivity contribution in [2.45, 2.75) is 13.0 Å². The number of benzene rings is 1. The van der Waals surface area contributed by atoms with Crippen LogP contribution >= 0.6 is 0 Å². The number of anilines is 1. The van der Waals surface area contributed by atoms with E-state index in [1.165, 1.54) is 0 Å². The zero-order chi connectivity index (χ0) is 19.0. The van der Waals surface area contributed by atoms with Crippen molar-refractivity contribution in [1.29, 1.82) is 0 Å².